The predicted molar refractivity (Wildman–Crippen MR) is 99.3 cm³/mol. The normalized spacial score (nSPS) is 23.0. The van der Waals surface area contributed by atoms with Gasteiger partial charge in [0.05, 0.1) is 0 Å². The van der Waals surface area contributed by atoms with Gasteiger partial charge in [0.1, 0.15) is 12.1 Å². The molecule has 3 N–H and O–H groups in total. The van der Waals surface area contributed by atoms with E-state index in [9.17, 15) is 19.2 Å². The molecule has 0 aromatic rings. The summed E-state index contributed by atoms with van der Waals surface area (Å²) in [5.41, 5.74) is -0.725. The first-order valence-corrected chi connectivity index (χ1v) is 9.66. The first-order valence-electron chi connectivity index (χ1n) is 9.66. The molecule has 2 saturated heterocycles. The zero-order valence-electron chi connectivity index (χ0n) is 16.5. The van der Waals surface area contributed by atoms with Gasteiger partial charge in [0.2, 0.25) is 5.78 Å². The maximum absolute atomic E-state index is 12.1. The van der Waals surface area contributed by atoms with Crippen LogP contribution in [0.25, 0.3) is 0 Å². The molecule has 2 aliphatic heterocycles. The molecule has 0 radical (unpaired) electrons. The summed E-state index contributed by atoms with van der Waals surface area (Å²) >= 11 is 0. The Bertz CT molecular complexity index is 554. The van der Waals surface area contributed by atoms with Crippen molar-refractivity contribution < 1.29 is 29.4 Å². The second-order valence-electron chi connectivity index (χ2n) is 7.76. The molecule has 0 saturated carbocycles. The number of hydrogen-bond donors (Lipinski definition) is 3. The average Bonchev–Trinajstić information content (AvgIpc) is 2.67. The lowest BCUT2D eigenvalue weighted by atomic mass is 9.84. The van der Waals surface area contributed by atoms with E-state index >= 15 is 0 Å². The molecule has 2 fully saturated rings. The van der Waals surface area contributed by atoms with Crippen LogP contribution in [0.5, 0.6) is 0 Å². The number of Topliss-reactive ketones (excluding diaryl/α,β-unsaturated/α-hetero) is 1. The van der Waals surface area contributed by atoms with E-state index in [1.54, 1.807) is 13.8 Å². The molecule has 0 bridgehead atoms. The van der Waals surface area contributed by atoms with Crippen molar-refractivity contribution >= 4 is 23.6 Å². The standard InChI is InChI=1S/C13H21NO4.C6H11NO2/c1-4-13(2,3)10(15)11(16)14-8-6-5-7-9(14)12(17)18;8-6(9)5-3-1-2-4-7-5/h9H,4-8H2,1-3H3,(H,17,18);5,7H,1-4H2,(H,8,9)/t9-;5-/m00/s1. The van der Waals surface area contributed by atoms with Gasteiger partial charge in [-0.05, 0) is 45.1 Å². The molecular weight excluding hydrogens is 352 g/mol. The van der Waals surface area contributed by atoms with Crippen LogP contribution in [0.1, 0.15) is 65.7 Å². The fourth-order valence-corrected chi connectivity index (χ4v) is 3.07. The first kappa shape index (κ1) is 23.1. The van der Waals surface area contributed by atoms with Crippen LogP contribution in [0.15, 0.2) is 0 Å². The number of likely N-dealkylation sites (tertiary alicyclic amines) is 1. The van der Waals surface area contributed by atoms with E-state index in [1.165, 1.54) is 4.90 Å². The number of nitrogens with zero attached hydrogens (tertiary/aromatic N) is 1. The Morgan fingerprint density at radius 3 is 2.07 bits per heavy atom. The quantitative estimate of drug-likeness (QED) is 0.616. The van der Waals surface area contributed by atoms with Crippen molar-refractivity contribution in [3.05, 3.63) is 0 Å². The van der Waals surface area contributed by atoms with E-state index in [2.05, 4.69) is 5.32 Å². The first-order chi connectivity index (χ1) is 12.6. The van der Waals surface area contributed by atoms with Gasteiger partial charge in [-0.2, -0.15) is 0 Å². The summed E-state index contributed by atoms with van der Waals surface area (Å²) in [4.78, 5) is 46.8. The monoisotopic (exact) mass is 384 g/mol. The Hall–Kier alpha value is -1.96. The zero-order chi connectivity index (χ0) is 20.6. The molecule has 27 heavy (non-hydrogen) atoms. The molecular formula is C19H32N2O6. The van der Waals surface area contributed by atoms with Crippen molar-refractivity contribution in [1.82, 2.24) is 10.2 Å². The Morgan fingerprint density at radius 1 is 1.00 bits per heavy atom. The van der Waals surface area contributed by atoms with Crippen molar-refractivity contribution in [2.24, 2.45) is 5.41 Å². The third-order valence-electron chi connectivity index (χ3n) is 5.35. The van der Waals surface area contributed by atoms with Crippen molar-refractivity contribution in [2.45, 2.75) is 77.8 Å². The van der Waals surface area contributed by atoms with E-state index in [1.807, 2.05) is 6.92 Å². The highest BCUT2D eigenvalue weighted by Crippen LogP contribution is 2.25. The van der Waals surface area contributed by atoms with Crippen LogP contribution in [0.3, 0.4) is 0 Å². The van der Waals surface area contributed by atoms with Gasteiger partial charge in [-0.15, -0.1) is 0 Å². The molecule has 1 amide bonds. The molecule has 0 aromatic heterocycles. The molecule has 2 atom stereocenters. The summed E-state index contributed by atoms with van der Waals surface area (Å²) in [5.74, 6) is -2.87. The smallest absolute Gasteiger partial charge is 0.326 e. The molecule has 8 nitrogen and oxygen atoms in total. The Kier molecular flexibility index (Phi) is 8.88. The van der Waals surface area contributed by atoms with E-state index in [4.69, 9.17) is 10.2 Å². The summed E-state index contributed by atoms with van der Waals surface area (Å²) in [6, 6.07) is -1.12. The van der Waals surface area contributed by atoms with E-state index in [0.717, 1.165) is 38.6 Å². The van der Waals surface area contributed by atoms with Gasteiger partial charge in [0, 0.05) is 12.0 Å². The molecule has 0 spiro atoms. The SMILES string of the molecule is CCC(C)(C)C(=O)C(=O)N1CCCC[C@H]1C(=O)O.O=C(O)[C@@H]1CCCCN1. The fraction of sp³-hybridized carbons (Fsp3) is 0.789. The number of amides is 1. The second-order valence-corrected chi connectivity index (χ2v) is 7.76. The predicted octanol–water partition coefficient (Wildman–Crippen LogP) is 1.67. The van der Waals surface area contributed by atoms with Crippen LogP contribution in [-0.4, -0.2) is 63.9 Å². The minimum Gasteiger partial charge on any atom is -0.480 e. The zero-order valence-corrected chi connectivity index (χ0v) is 16.5. The number of carbonyl (C=O) groups is 4. The number of carboxylic acids is 2. The number of nitrogens with one attached hydrogen (secondary N) is 1. The lowest BCUT2D eigenvalue weighted by molar-refractivity contribution is -0.158. The summed E-state index contributed by atoms with van der Waals surface area (Å²) in [5, 5.41) is 20.5. The van der Waals surface area contributed by atoms with Gasteiger partial charge >= 0.3 is 11.9 Å². The van der Waals surface area contributed by atoms with E-state index in [-0.39, 0.29) is 6.04 Å². The van der Waals surface area contributed by atoms with Crippen molar-refractivity contribution in [2.75, 3.05) is 13.1 Å². The third kappa shape index (κ3) is 6.61. The van der Waals surface area contributed by atoms with Gasteiger partial charge < -0.3 is 20.4 Å². The average molecular weight is 384 g/mol. The van der Waals surface area contributed by atoms with Gasteiger partial charge in [-0.1, -0.05) is 27.2 Å². The van der Waals surface area contributed by atoms with Crippen LogP contribution < -0.4 is 5.32 Å². The summed E-state index contributed by atoms with van der Waals surface area (Å²) < 4.78 is 0. The molecule has 154 valence electrons. The highest BCUT2D eigenvalue weighted by Gasteiger charge is 2.39. The van der Waals surface area contributed by atoms with Crippen LogP contribution >= 0.6 is 0 Å². The molecule has 8 heteroatoms. The highest BCUT2D eigenvalue weighted by atomic mass is 16.4. The lowest BCUT2D eigenvalue weighted by Gasteiger charge is -2.34. The fourth-order valence-electron chi connectivity index (χ4n) is 3.07. The van der Waals surface area contributed by atoms with E-state index in [0.29, 0.717) is 19.4 Å². The number of rotatable bonds is 5. The van der Waals surface area contributed by atoms with Crippen LogP contribution in [0.2, 0.25) is 0 Å². The molecule has 2 aliphatic rings. The molecule has 0 unspecified atom stereocenters. The molecule has 0 aromatic carbocycles. The van der Waals surface area contributed by atoms with E-state index < -0.39 is 35.1 Å². The maximum atomic E-state index is 12.1. The van der Waals surface area contributed by atoms with Crippen LogP contribution in [0, 0.1) is 5.41 Å². The van der Waals surface area contributed by atoms with Crippen molar-refractivity contribution in [3.8, 4) is 0 Å². The maximum Gasteiger partial charge on any atom is 0.326 e. The second kappa shape index (κ2) is 10.4. The number of carboxylic acid groups (broad SMARTS) is 2. The number of aliphatic carboxylic acids is 2. The van der Waals surface area contributed by atoms with Crippen molar-refractivity contribution in [1.29, 1.82) is 0 Å². The minimum absolute atomic E-state index is 0.279. The van der Waals surface area contributed by atoms with Gasteiger partial charge in [0.15, 0.2) is 0 Å². The highest BCUT2D eigenvalue weighted by molar-refractivity contribution is 6.38. The number of ketones is 1. The van der Waals surface area contributed by atoms with Gasteiger partial charge in [-0.25, -0.2) is 4.79 Å². The van der Waals surface area contributed by atoms with Crippen LogP contribution in [-0.2, 0) is 19.2 Å². The van der Waals surface area contributed by atoms with Crippen LogP contribution in [0.4, 0.5) is 0 Å². The summed E-state index contributed by atoms with van der Waals surface area (Å²) in [6.45, 7) is 6.49. The van der Waals surface area contributed by atoms with Crippen molar-refractivity contribution in [3.63, 3.8) is 0 Å². The van der Waals surface area contributed by atoms with Gasteiger partial charge in [0.25, 0.3) is 5.91 Å². The Morgan fingerprint density at radius 2 is 1.63 bits per heavy atom. The Balaban J connectivity index is 0.000000337. The largest absolute Gasteiger partial charge is 0.480 e. The Labute approximate surface area is 160 Å². The number of piperidine rings is 2. The lowest BCUT2D eigenvalue weighted by Crippen LogP contribution is -2.52. The number of hydrogen-bond acceptors (Lipinski definition) is 5. The minimum atomic E-state index is -1.02. The molecule has 2 heterocycles. The summed E-state index contributed by atoms with van der Waals surface area (Å²) in [6.07, 6.45) is 5.48. The van der Waals surface area contributed by atoms with Gasteiger partial charge in [-0.3, -0.25) is 14.4 Å². The summed E-state index contributed by atoms with van der Waals surface area (Å²) in [7, 11) is 0. The third-order valence-corrected chi connectivity index (χ3v) is 5.35. The number of carbonyl (C=O) groups excluding carboxylic acids is 2. The topological polar surface area (TPSA) is 124 Å². The molecule has 2 rings (SSSR count). The molecule has 0 aliphatic carbocycles.